The summed E-state index contributed by atoms with van der Waals surface area (Å²) in [6.45, 7) is 1.49. The third kappa shape index (κ3) is 2.08. The molecule has 0 aliphatic rings. The minimum atomic E-state index is -0.0328. The number of ketones is 1. The molecule has 0 aliphatic carbocycles. The summed E-state index contributed by atoms with van der Waals surface area (Å²) < 4.78 is 0. The zero-order chi connectivity index (χ0) is 8.27. The van der Waals surface area contributed by atoms with Gasteiger partial charge in [0.15, 0.2) is 5.78 Å². The molecule has 11 heavy (non-hydrogen) atoms. The van der Waals surface area contributed by atoms with Crippen LogP contribution in [0.4, 0.5) is 0 Å². The molecule has 3 nitrogen and oxygen atoms in total. The molecule has 0 unspecified atom stereocenters. The molecule has 0 aliphatic heterocycles. The number of nitrogens with zero attached hydrogens (tertiary/aromatic N) is 2. The van der Waals surface area contributed by atoms with Crippen molar-refractivity contribution in [1.82, 2.24) is 9.97 Å². The fraction of sp³-hybridized carbons (Fsp3) is 0.286. The van der Waals surface area contributed by atoms with Crippen LogP contribution in [0.5, 0.6) is 0 Å². The predicted molar refractivity (Wildman–Crippen MR) is 44.7 cm³/mol. The van der Waals surface area contributed by atoms with Gasteiger partial charge in [-0.3, -0.25) is 4.79 Å². The Morgan fingerprint density at radius 3 is 3.00 bits per heavy atom. The summed E-state index contributed by atoms with van der Waals surface area (Å²) in [6.07, 6.45) is 1.58. The topological polar surface area (TPSA) is 42.9 Å². The van der Waals surface area contributed by atoms with E-state index in [9.17, 15) is 4.79 Å². The van der Waals surface area contributed by atoms with Gasteiger partial charge in [-0.1, -0.05) is 15.9 Å². The number of carbonyl (C=O) groups is 1. The van der Waals surface area contributed by atoms with E-state index in [2.05, 4.69) is 25.9 Å². The van der Waals surface area contributed by atoms with Crippen LogP contribution in [0.25, 0.3) is 0 Å². The molecule has 1 aromatic rings. The predicted octanol–water partition coefficient (Wildman–Crippen LogP) is 1.57. The van der Waals surface area contributed by atoms with E-state index < -0.39 is 0 Å². The Bertz CT molecular complexity index is 275. The molecule has 58 valence electrons. The highest BCUT2D eigenvalue weighted by atomic mass is 79.9. The first-order valence-corrected chi connectivity index (χ1v) is 4.25. The lowest BCUT2D eigenvalue weighted by molar-refractivity contribution is 0.101. The van der Waals surface area contributed by atoms with Crippen LogP contribution in [0.1, 0.15) is 23.2 Å². The van der Waals surface area contributed by atoms with E-state index in [1.165, 1.54) is 6.92 Å². The number of aromatic nitrogens is 2. The number of hydrogen-bond donors (Lipinski definition) is 0. The summed E-state index contributed by atoms with van der Waals surface area (Å²) in [7, 11) is 0. The summed E-state index contributed by atoms with van der Waals surface area (Å²) in [6, 6.07) is 1.61. The van der Waals surface area contributed by atoms with Gasteiger partial charge in [-0.05, 0) is 6.07 Å². The van der Waals surface area contributed by atoms with Crippen molar-refractivity contribution in [2.24, 2.45) is 0 Å². The lowest BCUT2D eigenvalue weighted by Gasteiger charge is -1.95. The first-order valence-electron chi connectivity index (χ1n) is 3.13. The van der Waals surface area contributed by atoms with Crippen molar-refractivity contribution >= 4 is 21.7 Å². The van der Waals surface area contributed by atoms with Crippen molar-refractivity contribution in [2.75, 3.05) is 0 Å². The highest BCUT2D eigenvalue weighted by molar-refractivity contribution is 9.08. The van der Waals surface area contributed by atoms with E-state index in [-0.39, 0.29) is 5.78 Å². The molecule has 0 amide bonds. The van der Waals surface area contributed by atoms with Crippen LogP contribution in [-0.2, 0) is 5.33 Å². The van der Waals surface area contributed by atoms with E-state index >= 15 is 0 Å². The second-order valence-corrected chi connectivity index (χ2v) is 2.61. The normalized spacial score (nSPS) is 9.64. The Morgan fingerprint density at radius 1 is 1.73 bits per heavy atom. The fourth-order valence-corrected chi connectivity index (χ4v) is 0.930. The maximum absolute atomic E-state index is 10.8. The van der Waals surface area contributed by atoms with E-state index in [4.69, 9.17) is 0 Å². The van der Waals surface area contributed by atoms with Gasteiger partial charge in [-0.2, -0.15) is 0 Å². The molecule has 1 aromatic heterocycles. The Hall–Kier alpha value is -0.770. The minimum absolute atomic E-state index is 0.0328. The van der Waals surface area contributed by atoms with Crippen molar-refractivity contribution in [1.29, 1.82) is 0 Å². The highest BCUT2D eigenvalue weighted by Gasteiger charge is 2.01. The van der Waals surface area contributed by atoms with Gasteiger partial charge < -0.3 is 0 Å². The summed E-state index contributed by atoms with van der Waals surface area (Å²) in [5.41, 5.74) is 0.467. The van der Waals surface area contributed by atoms with E-state index in [1.807, 2.05) is 0 Å². The van der Waals surface area contributed by atoms with Gasteiger partial charge in [0.1, 0.15) is 11.5 Å². The van der Waals surface area contributed by atoms with E-state index in [0.717, 1.165) is 0 Å². The number of Topliss-reactive ketones (excluding diaryl/α,β-unsaturated/α-hetero) is 1. The van der Waals surface area contributed by atoms with Gasteiger partial charge in [-0.15, -0.1) is 0 Å². The first-order chi connectivity index (χ1) is 5.24. The quantitative estimate of drug-likeness (QED) is 0.555. The molecular formula is C7H7BrN2O. The number of carbonyl (C=O) groups excluding carboxylic acids is 1. The van der Waals surface area contributed by atoms with Crippen molar-refractivity contribution in [3.8, 4) is 0 Å². The van der Waals surface area contributed by atoms with Crippen molar-refractivity contribution in [2.45, 2.75) is 12.3 Å². The van der Waals surface area contributed by atoms with Gasteiger partial charge in [0.25, 0.3) is 0 Å². The number of rotatable bonds is 2. The molecule has 0 saturated carbocycles. The molecule has 1 rings (SSSR count). The van der Waals surface area contributed by atoms with Gasteiger partial charge in [0.05, 0.1) is 5.33 Å². The molecule has 0 fully saturated rings. The molecule has 0 atom stereocenters. The van der Waals surface area contributed by atoms with Crippen LogP contribution < -0.4 is 0 Å². The molecule has 1 heterocycles. The summed E-state index contributed by atoms with van der Waals surface area (Å²) in [5.74, 6) is 0.604. The summed E-state index contributed by atoms with van der Waals surface area (Å²) in [5, 5.41) is 0.578. The number of alkyl halides is 1. The summed E-state index contributed by atoms with van der Waals surface area (Å²) >= 11 is 3.20. The molecule has 0 spiro atoms. The van der Waals surface area contributed by atoms with Crippen LogP contribution in [0.2, 0.25) is 0 Å². The SMILES string of the molecule is CC(=O)c1ccnc(CBr)n1. The molecule has 0 N–H and O–H groups in total. The van der Waals surface area contributed by atoms with Crippen molar-refractivity contribution in [3.63, 3.8) is 0 Å². The zero-order valence-electron chi connectivity index (χ0n) is 6.04. The van der Waals surface area contributed by atoms with Crippen LogP contribution >= 0.6 is 15.9 Å². The Morgan fingerprint density at radius 2 is 2.45 bits per heavy atom. The fourth-order valence-electron chi connectivity index (χ4n) is 0.660. The average Bonchev–Trinajstić information content (AvgIpc) is 2.05. The van der Waals surface area contributed by atoms with E-state index in [0.29, 0.717) is 16.8 Å². The third-order valence-corrected chi connectivity index (χ3v) is 1.69. The van der Waals surface area contributed by atoms with Gasteiger partial charge >= 0.3 is 0 Å². The Balaban J connectivity index is 3.01. The van der Waals surface area contributed by atoms with Crippen molar-refractivity contribution < 1.29 is 4.79 Å². The van der Waals surface area contributed by atoms with Crippen LogP contribution in [0, 0.1) is 0 Å². The van der Waals surface area contributed by atoms with E-state index in [1.54, 1.807) is 12.3 Å². The number of hydrogen-bond acceptors (Lipinski definition) is 3. The van der Waals surface area contributed by atoms with Gasteiger partial charge in [0, 0.05) is 13.1 Å². The highest BCUT2D eigenvalue weighted by Crippen LogP contribution is 2.00. The lowest BCUT2D eigenvalue weighted by atomic mass is 10.3. The van der Waals surface area contributed by atoms with Crippen LogP contribution in [0.15, 0.2) is 12.3 Å². The van der Waals surface area contributed by atoms with Crippen LogP contribution in [-0.4, -0.2) is 15.8 Å². The molecule has 0 saturated heterocycles. The van der Waals surface area contributed by atoms with Gasteiger partial charge in [-0.25, -0.2) is 9.97 Å². The second-order valence-electron chi connectivity index (χ2n) is 2.05. The monoisotopic (exact) mass is 214 g/mol. The zero-order valence-corrected chi connectivity index (χ0v) is 7.63. The van der Waals surface area contributed by atoms with Crippen LogP contribution in [0.3, 0.4) is 0 Å². The minimum Gasteiger partial charge on any atom is -0.293 e. The third-order valence-electron chi connectivity index (χ3n) is 1.19. The largest absolute Gasteiger partial charge is 0.293 e. The van der Waals surface area contributed by atoms with Crippen molar-refractivity contribution in [3.05, 3.63) is 23.8 Å². The average molecular weight is 215 g/mol. The molecule has 0 bridgehead atoms. The molecular weight excluding hydrogens is 208 g/mol. The molecule has 0 radical (unpaired) electrons. The smallest absolute Gasteiger partial charge is 0.178 e. The molecule has 0 aromatic carbocycles. The standard InChI is InChI=1S/C7H7BrN2O/c1-5(11)6-2-3-9-7(4-8)10-6/h2-3H,4H2,1H3. The maximum Gasteiger partial charge on any atom is 0.178 e. The van der Waals surface area contributed by atoms with Gasteiger partial charge in [0.2, 0.25) is 0 Å². The lowest BCUT2D eigenvalue weighted by Crippen LogP contribution is -2.00. The Kier molecular flexibility index (Phi) is 2.70. The maximum atomic E-state index is 10.8. The second kappa shape index (κ2) is 3.57. The number of halogens is 1. The first kappa shape index (κ1) is 8.33. The summed E-state index contributed by atoms with van der Waals surface area (Å²) in [4.78, 5) is 18.7. The Labute approximate surface area is 73.0 Å². The molecule has 4 heteroatoms.